The van der Waals surface area contributed by atoms with E-state index in [1.165, 1.54) is 6.07 Å². The summed E-state index contributed by atoms with van der Waals surface area (Å²) < 4.78 is 21.3. The van der Waals surface area contributed by atoms with Crippen molar-refractivity contribution in [2.45, 2.75) is 30.7 Å². The maximum absolute atomic E-state index is 13.2. The van der Waals surface area contributed by atoms with Crippen molar-refractivity contribution in [3.05, 3.63) is 34.5 Å². The number of aromatic hydroxyl groups is 4. The van der Waals surface area contributed by atoms with Crippen LogP contribution in [0.5, 0.6) is 34.5 Å². The summed E-state index contributed by atoms with van der Waals surface area (Å²) in [5.41, 5.74) is -1.07. The van der Waals surface area contributed by atoms with Crippen LogP contribution in [-0.2, 0) is 4.74 Å². The highest BCUT2D eigenvalue weighted by Gasteiger charge is 2.45. The van der Waals surface area contributed by atoms with E-state index >= 15 is 0 Å². The minimum atomic E-state index is -1.85. The first-order valence-corrected chi connectivity index (χ1v) is 10.2. The Morgan fingerprint density at radius 1 is 0.914 bits per heavy atom. The summed E-state index contributed by atoms with van der Waals surface area (Å²) in [6.07, 6.45) is -8.38. The van der Waals surface area contributed by atoms with Gasteiger partial charge in [-0.15, -0.1) is 0 Å². The Hall–Kier alpha value is -3.75. The molecule has 3 aromatic rings. The van der Waals surface area contributed by atoms with E-state index in [0.29, 0.717) is 0 Å². The third-order valence-corrected chi connectivity index (χ3v) is 5.57. The summed E-state index contributed by atoms with van der Waals surface area (Å²) in [4.78, 5) is 13.2. The van der Waals surface area contributed by atoms with Gasteiger partial charge in [0.1, 0.15) is 35.4 Å². The molecule has 1 aromatic heterocycles. The molecular formula is C22H22O13. The van der Waals surface area contributed by atoms with Gasteiger partial charge in [-0.1, -0.05) is 0 Å². The van der Waals surface area contributed by atoms with Crippen molar-refractivity contribution in [2.24, 2.45) is 0 Å². The fourth-order valence-corrected chi connectivity index (χ4v) is 3.72. The number of benzene rings is 2. The Morgan fingerprint density at radius 2 is 1.63 bits per heavy atom. The van der Waals surface area contributed by atoms with Crippen molar-refractivity contribution in [3.63, 3.8) is 0 Å². The average molecular weight is 494 g/mol. The first kappa shape index (κ1) is 24.4. The standard InChI is InChI=1S/C22H22O13/c1-32-21-16(29)13-11(33-19(21)7-2-3-8(24)9(25)4-7)5-10(26)20(15(13)28)35-22-18(31)17(30)14(27)12(6-23)34-22/h2-5,12,14,17-18,22-28,30-31H,6H2,1H3/t12-,14-,17+,18-,22+/m1/s1. The summed E-state index contributed by atoms with van der Waals surface area (Å²) in [5, 5.41) is 79.4. The highest BCUT2D eigenvalue weighted by atomic mass is 16.7. The first-order chi connectivity index (χ1) is 16.6. The van der Waals surface area contributed by atoms with Crippen LogP contribution in [0.25, 0.3) is 22.3 Å². The Labute approximate surface area is 195 Å². The molecule has 13 nitrogen and oxygen atoms in total. The van der Waals surface area contributed by atoms with Gasteiger partial charge in [0.2, 0.25) is 23.2 Å². The van der Waals surface area contributed by atoms with Gasteiger partial charge in [0, 0.05) is 11.6 Å². The number of fused-ring (bicyclic) bond motifs is 1. The lowest BCUT2D eigenvalue weighted by Crippen LogP contribution is -2.60. The number of phenols is 4. The van der Waals surface area contributed by atoms with Crippen molar-refractivity contribution < 1.29 is 59.5 Å². The van der Waals surface area contributed by atoms with Crippen LogP contribution in [0, 0.1) is 0 Å². The first-order valence-electron chi connectivity index (χ1n) is 10.2. The molecule has 5 atom stereocenters. The Balaban J connectivity index is 1.83. The zero-order valence-corrected chi connectivity index (χ0v) is 18.0. The normalized spacial score (nSPS) is 24.4. The second kappa shape index (κ2) is 9.13. The van der Waals surface area contributed by atoms with E-state index < -0.39 is 76.9 Å². The SMILES string of the molecule is COc1c(-c2ccc(O)c(O)c2)oc2cc(O)c(O[C@@H]3O[C@H](CO)[C@@H](O)[C@H](O)[C@H]3O)c(O)c2c1=O. The van der Waals surface area contributed by atoms with Gasteiger partial charge in [-0.25, -0.2) is 0 Å². The molecule has 0 bridgehead atoms. The smallest absolute Gasteiger partial charge is 0.239 e. The maximum Gasteiger partial charge on any atom is 0.239 e. The van der Waals surface area contributed by atoms with E-state index in [1.807, 2.05) is 0 Å². The highest BCUT2D eigenvalue weighted by molar-refractivity contribution is 5.91. The van der Waals surface area contributed by atoms with Crippen molar-refractivity contribution in [2.75, 3.05) is 13.7 Å². The zero-order chi connectivity index (χ0) is 25.6. The monoisotopic (exact) mass is 494 g/mol. The molecule has 1 aliphatic heterocycles. The van der Waals surface area contributed by atoms with Gasteiger partial charge in [0.15, 0.2) is 28.8 Å². The summed E-state index contributed by atoms with van der Waals surface area (Å²) in [6.45, 7) is -0.739. The predicted molar refractivity (Wildman–Crippen MR) is 116 cm³/mol. The number of hydrogen-bond acceptors (Lipinski definition) is 13. The molecule has 0 spiro atoms. The second-order valence-electron chi connectivity index (χ2n) is 7.76. The van der Waals surface area contributed by atoms with Gasteiger partial charge in [-0.3, -0.25) is 4.79 Å². The van der Waals surface area contributed by atoms with Crippen LogP contribution in [0.4, 0.5) is 0 Å². The maximum atomic E-state index is 13.2. The Bertz CT molecular complexity index is 1320. The van der Waals surface area contributed by atoms with E-state index in [9.17, 15) is 45.6 Å². The van der Waals surface area contributed by atoms with E-state index in [0.717, 1.165) is 25.3 Å². The van der Waals surface area contributed by atoms with Gasteiger partial charge >= 0.3 is 0 Å². The largest absolute Gasteiger partial charge is 0.504 e. The number of phenolic OH excluding ortho intramolecular Hbond substituents is 4. The lowest BCUT2D eigenvalue weighted by Gasteiger charge is -2.39. The topological polar surface area (TPSA) is 220 Å². The van der Waals surface area contributed by atoms with Crippen LogP contribution in [0.3, 0.4) is 0 Å². The molecule has 0 unspecified atom stereocenters. The number of aliphatic hydroxyl groups is 4. The zero-order valence-electron chi connectivity index (χ0n) is 18.0. The van der Waals surface area contributed by atoms with E-state index in [-0.39, 0.29) is 22.7 Å². The molecule has 1 saturated heterocycles. The summed E-state index contributed by atoms with van der Waals surface area (Å²) in [6, 6.07) is 4.52. The van der Waals surface area contributed by atoms with Crippen LogP contribution < -0.4 is 14.9 Å². The number of ether oxygens (including phenoxy) is 3. The molecule has 0 saturated carbocycles. The number of hydrogen-bond donors (Lipinski definition) is 8. The van der Waals surface area contributed by atoms with Gasteiger partial charge in [0.05, 0.1) is 13.7 Å². The minimum Gasteiger partial charge on any atom is -0.504 e. The molecule has 0 aliphatic carbocycles. The number of aliphatic hydroxyl groups excluding tert-OH is 4. The molecule has 4 rings (SSSR count). The number of rotatable bonds is 5. The molecule has 13 heteroatoms. The molecular weight excluding hydrogens is 472 g/mol. The van der Waals surface area contributed by atoms with Crippen molar-refractivity contribution in [1.82, 2.24) is 0 Å². The van der Waals surface area contributed by atoms with Crippen molar-refractivity contribution in [1.29, 1.82) is 0 Å². The van der Waals surface area contributed by atoms with Gasteiger partial charge in [0.25, 0.3) is 0 Å². The second-order valence-corrected chi connectivity index (χ2v) is 7.76. The average Bonchev–Trinajstić information content (AvgIpc) is 2.82. The van der Waals surface area contributed by atoms with Gasteiger partial charge in [-0.2, -0.15) is 0 Å². The van der Waals surface area contributed by atoms with E-state index in [1.54, 1.807) is 0 Å². The van der Waals surface area contributed by atoms with Crippen LogP contribution in [0.15, 0.2) is 33.5 Å². The Kier molecular flexibility index (Phi) is 6.36. The molecule has 0 radical (unpaired) electrons. The molecule has 2 heterocycles. The highest BCUT2D eigenvalue weighted by Crippen LogP contribution is 2.45. The lowest BCUT2D eigenvalue weighted by molar-refractivity contribution is -0.277. The fourth-order valence-electron chi connectivity index (χ4n) is 3.72. The third-order valence-electron chi connectivity index (χ3n) is 5.57. The molecule has 188 valence electrons. The molecule has 1 aliphatic rings. The summed E-state index contributed by atoms with van der Waals surface area (Å²) in [7, 11) is 1.16. The molecule has 8 N–H and O–H groups in total. The van der Waals surface area contributed by atoms with Crippen molar-refractivity contribution in [3.8, 4) is 45.8 Å². The van der Waals surface area contributed by atoms with Crippen molar-refractivity contribution >= 4 is 11.0 Å². The molecule has 35 heavy (non-hydrogen) atoms. The fraction of sp³-hybridized carbons (Fsp3) is 0.318. The molecule has 1 fully saturated rings. The summed E-state index contributed by atoms with van der Waals surface area (Å²) in [5.74, 6) is -3.86. The predicted octanol–water partition coefficient (Wildman–Crippen LogP) is -0.530. The van der Waals surface area contributed by atoms with Crippen LogP contribution in [0.2, 0.25) is 0 Å². The van der Waals surface area contributed by atoms with Crippen LogP contribution in [0.1, 0.15) is 0 Å². The van der Waals surface area contributed by atoms with Crippen LogP contribution >= 0.6 is 0 Å². The molecule has 2 aromatic carbocycles. The van der Waals surface area contributed by atoms with Gasteiger partial charge < -0.3 is 59.5 Å². The minimum absolute atomic E-state index is 0.136. The quantitative estimate of drug-likeness (QED) is 0.209. The van der Waals surface area contributed by atoms with E-state index in [2.05, 4.69) is 0 Å². The van der Waals surface area contributed by atoms with E-state index in [4.69, 9.17) is 18.6 Å². The van der Waals surface area contributed by atoms with Crippen LogP contribution in [-0.4, -0.2) is 85.3 Å². The summed E-state index contributed by atoms with van der Waals surface area (Å²) >= 11 is 0. The third kappa shape index (κ3) is 4.05. The number of methoxy groups -OCH3 is 1. The Morgan fingerprint density at radius 3 is 2.26 bits per heavy atom. The molecule has 0 amide bonds. The van der Waals surface area contributed by atoms with Gasteiger partial charge in [-0.05, 0) is 18.2 Å². The lowest BCUT2D eigenvalue weighted by atomic mass is 9.99.